The normalized spacial score (nSPS) is 11.7. The van der Waals surface area contributed by atoms with Gasteiger partial charge in [-0.25, -0.2) is 0 Å². The first-order valence-electron chi connectivity index (χ1n) is 5.99. The van der Waals surface area contributed by atoms with Crippen molar-refractivity contribution >= 4 is 5.82 Å². The number of aromatic nitrogens is 2. The van der Waals surface area contributed by atoms with Gasteiger partial charge in [0.2, 0.25) is 0 Å². The van der Waals surface area contributed by atoms with Crippen LogP contribution in [0.1, 0.15) is 37.9 Å². The average Bonchev–Trinajstić information content (AvgIpc) is 2.47. The van der Waals surface area contributed by atoms with Crippen molar-refractivity contribution in [2.45, 2.75) is 46.2 Å². The van der Waals surface area contributed by atoms with E-state index in [1.165, 1.54) is 12.8 Å². The molecule has 0 atom stereocenters. The van der Waals surface area contributed by atoms with Gasteiger partial charge in [0.25, 0.3) is 0 Å². The van der Waals surface area contributed by atoms with E-state index in [0.717, 1.165) is 23.6 Å². The zero-order chi connectivity index (χ0) is 12.3. The largest absolute Gasteiger partial charge is 0.384 e. The van der Waals surface area contributed by atoms with Gasteiger partial charge in [0, 0.05) is 25.2 Å². The van der Waals surface area contributed by atoms with Crippen LogP contribution in [-0.2, 0) is 13.6 Å². The van der Waals surface area contributed by atoms with Crippen LogP contribution in [0.2, 0.25) is 0 Å². The van der Waals surface area contributed by atoms with Crippen molar-refractivity contribution in [1.29, 1.82) is 0 Å². The predicted octanol–water partition coefficient (Wildman–Crippen LogP) is 1.93. The minimum absolute atomic E-state index is 0.624. The zero-order valence-electron chi connectivity index (χ0n) is 11.1. The highest BCUT2D eigenvalue weighted by Crippen LogP contribution is 2.19. The fourth-order valence-corrected chi connectivity index (χ4v) is 2.21. The van der Waals surface area contributed by atoms with Crippen LogP contribution < -0.4 is 5.73 Å². The number of rotatable bonds is 5. The quantitative estimate of drug-likeness (QED) is 0.831. The summed E-state index contributed by atoms with van der Waals surface area (Å²) in [5.41, 5.74) is 8.21. The summed E-state index contributed by atoms with van der Waals surface area (Å²) in [5, 5.41) is 4.34. The minimum atomic E-state index is 0.624. The lowest BCUT2D eigenvalue weighted by Crippen LogP contribution is -2.30. The molecule has 92 valence electrons. The van der Waals surface area contributed by atoms with E-state index < -0.39 is 0 Å². The standard InChI is InChI=1S/C12H24N4/c1-6-10(7-2)15(4)8-11-9(3)14-16(5)12(11)13/h10H,6-8,13H2,1-5H3. The number of anilines is 1. The van der Waals surface area contributed by atoms with Crippen LogP contribution >= 0.6 is 0 Å². The molecule has 0 saturated carbocycles. The molecule has 1 aromatic heterocycles. The molecule has 0 radical (unpaired) electrons. The molecular weight excluding hydrogens is 200 g/mol. The highest BCUT2D eigenvalue weighted by molar-refractivity contribution is 5.42. The summed E-state index contributed by atoms with van der Waals surface area (Å²) in [6, 6.07) is 0.624. The third-order valence-electron chi connectivity index (χ3n) is 3.37. The highest BCUT2D eigenvalue weighted by Gasteiger charge is 2.16. The van der Waals surface area contributed by atoms with Crippen LogP contribution in [0.25, 0.3) is 0 Å². The lowest BCUT2D eigenvalue weighted by molar-refractivity contribution is 0.221. The van der Waals surface area contributed by atoms with Gasteiger partial charge in [0.1, 0.15) is 5.82 Å². The van der Waals surface area contributed by atoms with Crippen molar-refractivity contribution in [2.75, 3.05) is 12.8 Å². The molecule has 1 rings (SSSR count). The van der Waals surface area contributed by atoms with E-state index in [9.17, 15) is 0 Å². The Balaban J connectivity index is 2.80. The van der Waals surface area contributed by atoms with Crippen LogP contribution in [-0.4, -0.2) is 27.8 Å². The Bertz CT molecular complexity index is 339. The third kappa shape index (κ3) is 2.55. The molecule has 0 unspecified atom stereocenters. The highest BCUT2D eigenvalue weighted by atomic mass is 15.3. The third-order valence-corrected chi connectivity index (χ3v) is 3.37. The summed E-state index contributed by atoms with van der Waals surface area (Å²) in [5.74, 6) is 0.787. The number of nitrogen functional groups attached to an aromatic ring is 1. The van der Waals surface area contributed by atoms with Crippen LogP contribution in [0.15, 0.2) is 0 Å². The Labute approximate surface area is 98.4 Å². The van der Waals surface area contributed by atoms with Crippen molar-refractivity contribution in [1.82, 2.24) is 14.7 Å². The lowest BCUT2D eigenvalue weighted by atomic mass is 10.1. The van der Waals surface area contributed by atoms with Crippen molar-refractivity contribution in [3.8, 4) is 0 Å². The second-order valence-electron chi connectivity index (χ2n) is 4.46. The van der Waals surface area contributed by atoms with Gasteiger partial charge in [-0.3, -0.25) is 9.58 Å². The number of nitrogens with zero attached hydrogens (tertiary/aromatic N) is 3. The Morgan fingerprint density at radius 3 is 2.31 bits per heavy atom. The van der Waals surface area contributed by atoms with Gasteiger partial charge in [0.05, 0.1) is 5.69 Å². The van der Waals surface area contributed by atoms with Crippen molar-refractivity contribution in [3.63, 3.8) is 0 Å². The summed E-state index contributed by atoms with van der Waals surface area (Å²) in [6.07, 6.45) is 2.35. The molecule has 0 aliphatic heterocycles. The first-order valence-corrected chi connectivity index (χ1v) is 5.99. The maximum atomic E-state index is 6.01. The summed E-state index contributed by atoms with van der Waals surface area (Å²) in [7, 11) is 4.05. The molecule has 0 saturated heterocycles. The first-order chi connectivity index (χ1) is 7.51. The molecule has 0 fully saturated rings. The summed E-state index contributed by atoms with van der Waals surface area (Å²) in [4.78, 5) is 2.36. The molecule has 16 heavy (non-hydrogen) atoms. The number of aryl methyl sites for hydroxylation is 2. The van der Waals surface area contributed by atoms with Gasteiger partial charge in [-0.15, -0.1) is 0 Å². The Morgan fingerprint density at radius 2 is 1.94 bits per heavy atom. The molecule has 1 aromatic rings. The van der Waals surface area contributed by atoms with E-state index in [1.54, 1.807) is 4.68 Å². The van der Waals surface area contributed by atoms with Crippen molar-refractivity contribution in [3.05, 3.63) is 11.3 Å². The van der Waals surface area contributed by atoms with Gasteiger partial charge < -0.3 is 5.73 Å². The molecule has 2 N–H and O–H groups in total. The zero-order valence-corrected chi connectivity index (χ0v) is 11.1. The van der Waals surface area contributed by atoms with Crippen LogP contribution in [0.4, 0.5) is 5.82 Å². The van der Waals surface area contributed by atoms with Gasteiger partial charge in [-0.2, -0.15) is 5.10 Å². The molecule has 4 heteroatoms. The summed E-state index contributed by atoms with van der Waals surface area (Å²) in [6.45, 7) is 7.36. The molecule has 0 bridgehead atoms. The maximum absolute atomic E-state index is 6.01. The van der Waals surface area contributed by atoms with E-state index >= 15 is 0 Å². The fraction of sp³-hybridized carbons (Fsp3) is 0.750. The second kappa shape index (κ2) is 5.34. The molecule has 0 amide bonds. The van der Waals surface area contributed by atoms with Crippen LogP contribution in [0.3, 0.4) is 0 Å². The molecule has 1 heterocycles. The van der Waals surface area contributed by atoms with Gasteiger partial charge in [0.15, 0.2) is 0 Å². The number of nitrogens with two attached hydrogens (primary N) is 1. The Kier molecular flexibility index (Phi) is 4.35. The van der Waals surface area contributed by atoms with E-state index in [0.29, 0.717) is 6.04 Å². The lowest BCUT2D eigenvalue weighted by Gasteiger charge is -2.26. The molecule has 0 spiro atoms. The molecule has 0 aliphatic rings. The summed E-state index contributed by atoms with van der Waals surface area (Å²) >= 11 is 0. The van der Waals surface area contributed by atoms with Gasteiger partial charge >= 0.3 is 0 Å². The first kappa shape index (κ1) is 13.0. The monoisotopic (exact) mass is 224 g/mol. The van der Waals surface area contributed by atoms with Gasteiger partial charge in [-0.1, -0.05) is 13.8 Å². The maximum Gasteiger partial charge on any atom is 0.126 e. The predicted molar refractivity (Wildman–Crippen MR) is 68.2 cm³/mol. The van der Waals surface area contributed by atoms with Crippen molar-refractivity contribution in [2.24, 2.45) is 7.05 Å². The van der Waals surface area contributed by atoms with Crippen molar-refractivity contribution < 1.29 is 0 Å². The van der Waals surface area contributed by atoms with E-state index in [1.807, 2.05) is 14.0 Å². The molecule has 4 nitrogen and oxygen atoms in total. The molecule has 0 aromatic carbocycles. The van der Waals surface area contributed by atoms with Crippen LogP contribution in [0, 0.1) is 6.92 Å². The molecule has 0 aliphatic carbocycles. The topological polar surface area (TPSA) is 47.1 Å². The number of hydrogen-bond acceptors (Lipinski definition) is 3. The number of hydrogen-bond donors (Lipinski definition) is 1. The Hall–Kier alpha value is -1.03. The second-order valence-corrected chi connectivity index (χ2v) is 4.46. The smallest absolute Gasteiger partial charge is 0.126 e. The molecular formula is C12H24N4. The fourth-order valence-electron chi connectivity index (χ4n) is 2.21. The van der Waals surface area contributed by atoms with E-state index in [-0.39, 0.29) is 0 Å². The van der Waals surface area contributed by atoms with E-state index in [2.05, 4.69) is 30.9 Å². The Morgan fingerprint density at radius 1 is 1.38 bits per heavy atom. The van der Waals surface area contributed by atoms with E-state index in [4.69, 9.17) is 5.73 Å². The average molecular weight is 224 g/mol. The summed E-state index contributed by atoms with van der Waals surface area (Å²) < 4.78 is 1.76. The minimum Gasteiger partial charge on any atom is -0.384 e. The SMILES string of the molecule is CCC(CC)N(C)Cc1c(C)nn(C)c1N. The van der Waals surface area contributed by atoms with Crippen LogP contribution in [0.5, 0.6) is 0 Å². The van der Waals surface area contributed by atoms with Gasteiger partial charge in [-0.05, 0) is 26.8 Å².